The minimum absolute atomic E-state index is 0.0945. The molecule has 168 valence electrons. The van der Waals surface area contributed by atoms with Gasteiger partial charge in [0.1, 0.15) is 11.3 Å². The summed E-state index contributed by atoms with van der Waals surface area (Å²) in [4.78, 5) is 28.4. The maximum absolute atomic E-state index is 13.5. The number of hydrogen-bond donors (Lipinski definition) is 0. The highest BCUT2D eigenvalue weighted by Crippen LogP contribution is 2.39. The number of carbonyl (C=O) groups is 1. The van der Waals surface area contributed by atoms with Gasteiger partial charge in [0.05, 0.1) is 30.2 Å². The molecule has 1 aliphatic heterocycles. The number of fused-ring (bicyclic) bond motifs is 2. The van der Waals surface area contributed by atoms with Crippen LogP contribution in [0, 0.1) is 5.92 Å². The molecule has 1 aliphatic rings. The molecule has 32 heavy (non-hydrogen) atoms. The van der Waals surface area contributed by atoms with Crippen molar-refractivity contribution in [2.45, 2.75) is 26.3 Å². The van der Waals surface area contributed by atoms with Crippen molar-refractivity contribution in [2.75, 3.05) is 26.9 Å². The Morgan fingerprint density at radius 3 is 2.69 bits per heavy atom. The molecular weight excluding hydrogens is 474 g/mol. The van der Waals surface area contributed by atoms with Crippen molar-refractivity contribution in [3.63, 3.8) is 0 Å². The summed E-state index contributed by atoms with van der Waals surface area (Å²) in [6.45, 7) is 5.59. The van der Waals surface area contributed by atoms with E-state index in [2.05, 4.69) is 29.8 Å². The number of benzene rings is 2. The third-order valence-corrected chi connectivity index (χ3v) is 6.10. The molecule has 0 spiro atoms. The number of halogens is 1. The molecule has 1 aromatic heterocycles. The number of amides is 1. The van der Waals surface area contributed by atoms with Gasteiger partial charge in [-0.25, -0.2) is 0 Å². The molecule has 0 bridgehead atoms. The lowest BCUT2D eigenvalue weighted by Crippen LogP contribution is -2.32. The third kappa shape index (κ3) is 4.32. The maximum atomic E-state index is 13.5. The molecule has 0 fully saturated rings. The van der Waals surface area contributed by atoms with Gasteiger partial charge in [0.15, 0.2) is 5.43 Å². The van der Waals surface area contributed by atoms with Crippen LogP contribution in [0.5, 0.6) is 5.75 Å². The first-order valence-electron chi connectivity index (χ1n) is 10.7. The summed E-state index contributed by atoms with van der Waals surface area (Å²) in [5.74, 6) is 1.04. The number of rotatable bonds is 8. The minimum Gasteiger partial charge on any atom is -0.494 e. The average molecular weight is 500 g/mol. The molecule has 2 aromatic carbocycles. The van der Waals surface area contributed by atoms with E-state index in [1.165, 1.54) is 0 Å². The monoisotopic (exact) mass is 499 g/mol. The van der Waals surface area contributed by atoms with Gasteiger partial charge in [-0.3, -0.25) is 9.59 Å². The number of methoxy groups -OCH3 is 1. The lowest BCUT2D eigenvalue weighted by Gasteiger charge is -2.25. The van der Waals surface area contributed by atoms with Crippen LogP contribution in [0.3, 0.4) is 0 Å². The van der Waals surface area contributed by atoms with Crippen LogP contribution in [0.25, 0.3) is 11.0 Å². The Morgan fingerprint density at radius 1 is 1.12 bits per heavy atom. The van der Waals surface area contributed by atoms with E-state index >= 15 is 0 Å². The Morgan fingerprint density at radius 2 is 1.94 bits per heavy atom. The van der Waals surface area contributed by atoms with E-state index in [-0.39, 0.29) is 17.1 Å². The molecule has 4 rings (SSSR count). The van der Waals surface area contributed by atoms with Crippen molar-refractivity contribution in [1.29, 1.82) is 0 Å². The number of hydrogen-bond acceptors (Lipinski definition) is 5. The fraction of sp³-hybridized carbons (Fsp3) is 0.360. The topological polar surface area (TPSA) is 69.0 Å². The van der Waals surface area contributed by atoms with Gasteiger partial charge in [-0.05, 0) is 48.2 Å². The van der Waals surface area contributed by atoms with Crippen molar-refractivity contribution in [3.05, 3.63) is 74.0 Å². The molecule has 1 atom stereocenters. The molecule has 0 N–H and O–H groups in total. The number of nitrogens with zero attached hydrogens (tertiary/aromatic N) is 1. The molecular formula is C25H26BrNO5. The van der Waals surface area contributed by atoms with E-state index in [1.54, 1.807) is 30.2 Å². The van der Waals surface area contributed by atoms with Crippen LogP contribution in [0.15, 0.2) is 56.1 Å². The van der Waals surface area contributed by atoms with Crippen LogP contribution < -0.4 is 10.2 Å². The lowest BCUT2D eigenvalue weighted by molar-refractivity contribution is 0.0663. The second kappa shape index (κ2) is 9.46. The van der Waals surface area contributed by atoms with Gasteiger partial charge in [0.25, 0.3) is 5.91 Å². The van der Waals surface area contributed by atoms with Crippen molar-refractivity contribution in [2.24, 2.45) is 5.92 Å². The number of carbonyl (C=O) groups excluding carboxylic acids is 1. The molecule has 7 heteroatoms. The van der Waals surface area contributed by atoms with Crippen molar-refractivity contribution < 1.29 is 18.7 Å². The fourth-order valence-electron chi connectivity index (χ4n) is 3.95. The zero-order chi connectivity index (χ0) is 22.8. The summed E-state index contributed by atoms with van der Waals surface area (Å²) < 4.78 is 17.9. The first kappa shape index (κ1) is 22.6. The molecule has 0 saturated carbocycles. The van der Waals surface area contributed by atoms with Gasteiger partial charge in [-0.1, -0.05) is 41.9 Å². The molecule has 3 aromatic rings. The summed E-state index contributed by atoms with van der Waals surface area (Å²) in [5, 5.41) is 0.439. The van der Waals surface area contributed by atoms with Crippen molar-refractivity contribution in [1.82, 2.24) is 4.90 Å². The molecule has 0 saturated heterocycles. The van der Waals surface area contributed by atoms with Crippen LogP contribution in [0.4, 0.5) is 0 Å². The van der Waals surface area contributed by atoms with Crippen LogP contribution in [0.2, 0.25) is 0 Å². The van der Waals surface area contributed by atoms with Gasteiger partial charge >= 0.3 is 0 Å². The van der Waals surface area contributed by atoms with Gasteiger partial charge < -0.3 is 18.8 Å². The van der Waals surface area contributed by atoms with E-state index in [4.69, 9.17) is 13.9 Å². The van der Waals surface area contributed by atoms with E-state index in [0.29, 0.717) is 48.0 Å². The van der Waals surface area contributed by atoms with E-state index in [9.17, 15) is 9.59 Å². The predicted octanol–water partition coefficient (Wildman–Crippen LogP) is 5.17. The highest BCUT2D eigenvalue weighted by Gasteiger charge is 2.42. The van der Waals surface area contributed by atoms with Crippen molar-refractivity contribution >= 4 is 32.8 Å². The molecule has 2 heterocycles. The summed E-state index contributed by atoms with van der Waals surface area (Å²) in [6, 6.07) is 12.2. The normalized spacial score (nSPS) is 15.6. The second-order valence-corrected chi connectivity index (χ2v) is 9.23. The quantitative estimate of drug-likeness (QED) is 0.427. The number of ether oxygens (including phenoxy) is 2. The Balaban J connectivity index is 1.81. The first-order valence-corrected chi connectivity index (χ1v) is 11.5. The molecule has 1 amide bonds. The summed E-state index contributed by atoms with van der Waals surface area (Å²) in [5.41, 5.74) is 1.35. The van der Waals surface area contributed by atoms with E-state index in [0.717, 1.165) is 16.5 Å². The first-order chi connectivity index (χ1) is 15.4. The standard InChI is InChI=1S/C25H26BrNO5/c1-15(2)9-11-31-18-6-4-5-16(13-18)22-21-23(28)19-14-17(26)7-8-20(19)32-24(21)25(29)27(22)10-12-30-3/h4-8,13-15,22H,9-12H2,1-3H3. The Labute approximate surface area is 195 Å². The maximum Gasteiger partial charge on any atom is 0.290 e. The van der Waals surface area contributed by atoms with E-state index < -0.39 is 6.04 Å². The molecule has 6 nitrogen and oxygen atoms in total. The smallest absolute Gasteiger partial charge is 0.290 e. The Bertz CT molecular complexity index is 1200. The minimum atomic E-state index is -0.569. The van der Waals surface area contributed by atoms with Crippen LogP contribution in [-0.4, -0.2) is 37.7 Å². The second-order valence-electron chi connectivity index (χ2n) is 8.31. The molecule has 0 aliphatic carbocycles. The largest absolute Gasteiger partial charge is 0.494 e. The highest BCUT2D eigenvalue weighted by molar-refractivity contribution is 9.10. The molecule has 1 unspecified atom stereocenters. The van der Waals surface area contributed by atoms with Crippen molar-refractivity contribution in [3.8, 4) is 5.75 Å². The van der Waals surface area contributed by atoms with Gasteiger partial charge in [-0.2, -0.15) is 0 Å². The third-order valence-electron chi connectivity index (χ3n) is 5.60. The average Bonchev–Trinajstić information content (AvgIpc) is 3.05. The predicted molar refractivity (Wildman–Crippen MR) is 126 cm³/mol. The molecule has 0 radical (unpaired) electrons. The fourth-order valence-corrected chi connectivity index (χ4v) is 4.31. The van der Waals surface area contributed by atoms with E-state index in [1.807, 2.05) is 24.3 Å². The van der Waals surface area contributed by atoms with Crippen LogP contribution in [-0.2, 0) is 4.74 Å². The summed E-state index contributed by atoms with van der Waals surface area (Å²) >= 11 is 3.42. The summed E-state index contributed by atoms with van der Waals surface area (Å²) in [7, 11) is 1.58. The lowest BCUT2D eigenvalue weighted by atomic mass is 9.98. The van der Waals surface area contributed by atoms with Gasteiger partial charge in [0, 0.05) is 18.1 Å². The Hall–Kier alpha value is -2.64. The summed E-state index contributed by atoms with van der Waals surface area (Å²) in [6.07, 6.45) is 0.944. The van der Waals surface area contributed by atoms with Crippen LogP contribution >= 0.6 is 15.9 Å². The van der Waals surface area contributed by atoms with Gasteiger partial charge in [-0.15, -0.1) is 0 Å². The highest BCUT2D eigenvalue weighted by atomic mass is 79.9. The zero-order valence-corrected chi connectivity index (χ0v) is 20.0. The van der Waals surface area contributed by atoms with Crippen LogP contribution in [0.1, 0.15) is 48.0 Å². The van der Waals surface area contributed by atoms with Gasteiger partial charge in [0.2, 0.25) is 5.76 Å². The SMILES string of the molecule is COCCN1C(=O)c2oc3ccc(Br)cc3c(=O)c2C1c1cccc(OCCC(C)C)c1. The Kier molecular flexibility index (Phi) is 6.67. The zero-order valence-electron chi connectivity index (χ0n) is 18.4.